The van der Waals surface area contributed by atoms with E-state index in [1.807, 2.05) is 24.3 Å². The van der Waals surface area contributed by atoms with E-state index in [2.05, 4.69) is 10.3 Å². The Morgan fingerprint density at radius 1 is 1.50 bits per heavy atom. The second-order valence-electron chi connectivity index (χ2n) is 3.45. The van der Waals surface area contributed by atoms with Crippen molar-refractivity contribution in [2.45, 2.75) is 6.04 Å². The number of amidine groups is 1. The fourth-order valence-corrected chi connectivity index (χ4v) is 1.50. The number of nitrogens with zero attached hydrogens (tertiary/aromatic N) is 1. The predicted molar refractivity (Wildman–Crippen MR) is 59.0 cm³/mol. The Balaban J connectivity index is 2.11. The molecule has 0 bridgehead atoms. The van der Waals surface area contributed by atoms with E-state index in [0.717, 1.165) is 11.3 Å². The number of rotatable bonds is 3. The quantitative estimate of drug-likeness (QED) is 0.778. The summed E-state index contributed by atoms with van der Waals surface area (Å²) >= 11 is 0. The smallest absolute Gasteiger partial charge is 0.328 e. The summed E-state index contributed by atoms with van der Waals surface area (Å²) in [7, 11) is 1.60. The van der Waals surface area contributed by atoms with E-state index in [1.165, 1.54) is 0 Å². The predicted octanol–water partition coefficient (Wildman–Crippen LogP) is 0.498. The Hall–Kier alpha value is -2.04. The molecule has 0 radical (unpaired) electrons. The Labute approximate surface area is 92.8 Å². The van der Waals surface area contributed by atoms with Crippen molar-refractivity contribution in [1.82, 2.24) is 5.32 Å². The van der Waals surface area contributed by atoms with Crippen LogP contribution < -0.4 is 10.1 Å². The standard InChI is InChI=1S/C11H12N2O3/c1-16-8-4-2-7(3-5-8)10-12-6-9(13-10)11(14)15/h2-5,9H,6H2,1H3,(H,12,13)(H,14,15). The highest BCUT2D eigenvalue weighted by Crippen LogP contribution is 2.13. The Morgan fingerprint density at radius 2 is 2.19 bits per heavy atom. The van der Waals surface area contributed by atoms with Gasteiger partial charge in [0.15, 0.2) is 0 Å². The Bertz CT molecular complexity index is 425. The molecule has 2 rings (SSSR count). The third-order valence-electron chi connectivity index (χ3n) is 2.40. The van der Waals surface area contributed by atoms with Crippen LogP contribution in [0, 0.1) is 0 Å². The molecule has 0 aliphatic carbocycles. The molecule has 0 fully saturated rings. The number of hydrogen-bond acceptors (Lipinski definition) is 4. The fourth-order valence-electron chi connectivity index (χ4n) is 1.50. The molecule has 1 unspecified atom stereocenters. The Morgan fingerprint density at radius 3 is 2.69 bits per heavy atom. The minimum absolute atomic E-state index is 0.274. The monoisotopic (exact) mass is 220 g/mol. The molecule has 0 aromatic heterocycles. The molecule has 5 heteroatoms. The summed E-state index contributed by atoms with van der Waals surface area (Å²) in [6.07, 6.45) is 0. The van der Waals surface area contributed by atoms with Gasteiger partial charge in [0.25, 0.3) is 0 Å². The second-order valence-corrected chi connectivity index (χ2v) is 3.45. The number of hydrogen-bond donors (Lipinski definition) is 2. The second kappa shape index (κ2) is 4.22. The minimum Gasteiger partial charge on any atom is -0.497 e. The molecule has 0 saturated heterocycles. The molecule has 1 aliphatic heterocycles. The van der Waals surface area contributed by atoms with E-state index < -0.39 is 12.0 Å². The van der Waals surface area contributed by atoms with Gasteiger partial charge in [-0.2, -0.15) is 0 Å². The zero-order chi connectivity index (χ0) is 11.5. The molecule has 1 heterocycles. The maximum absolute atomic E-state index is 10.7. The van der Waals surface area contributed by atoms with Gasteiger partial charge in [0.2, 0.25) is 0 Å². The van der Waals surface area contributed by atoms with E-state index in [1.54, 1.807) is 7.11 Å². The first kappa shape index (κ1) is 10.5. The molecule has 0 spiro atoms. The van der Waals surface area contributed by atoms with Crippen molar-refractivity contribution in [3.05, 3.63) is 29.8 Å². The maximum Gasteiger partial charge on any atom is 0.328 e. The van der Waals surface area contributed by atoms with E-state index >= 15 is 0 Å². The van der Waals surface area contributed by atoms with Gasteiger partial charge in [-0.15, -0.1) is 0 Å². The minimum atomic E-state index is -0.882. The molecule has 0 amide bonds. The molecule has 16 heavy (non-hydrogen) atoms. The lowest BCUT2D eigenvalue weighted by Gasteiger charge is -2.07. The van der Waals surface area contributed by atoms with Crippen LogP contribution in [0.5, 0.6) is 5.75 Å². The molecule has 1 aromatic rings. The van der Waals surface area contributed by atoms with Gasteiger partial charge in [-0.05, 0) is 24.3 Å². The average Bonchev–Trinajstić information content (AvgIpc) is 2.78. The number of carboxylic acids is 1. The van der Waals surface area contributed by atoms with Gasteiger partial charge in [-0.3, -0.25) is 4.99 Å². The van der Waals surface area contributed by atoms with Crippen LogP contribution in [0.3, 0.4) is 0 Å². The van der Waals surface area contributed by atoms with Gasteiger partial charge in [0.05, 0.1) is 13.7 Å². The van der Waals surface area contributed by atoms with Crippen LogP contribution in [0.1, 0.15) is 5.56 Å². The van der Waals surface area contributed by atoms with Crippen LogP contribution in [0.15, 0.2) is 29.3 Å². The Kier molecular flexibility index (Phi) is 2.76. The molecule has 1 atom stereocenters. The number of carbonyl (C=O) groups is 1. The first-order valence-corrected chi connectivity index (χ1v) is 4.89. The largest absolute Gasteiger partial charge is 0.497 e. The van der Waals surface area contributed by atoms with Crippen molar-refractivity contribution in [2.75, 3.05) is 13.7 Å². The van der Waals surface area contributed by atoms with E-state index in [-0.39, 0.29) is 6.54 Å². The van der Waals surface area contributed by atoms with E-state index in [9.17, 15) is 4.79 Å². The zero-order valence-electron chi connectivity index (χ0n) is 8.80. The number of benzene rings is 1. The third-order valence-corrected chi connectivity index (χ3v) is 2.40. The number of aliphatic carboxylic acids is 1. The maximum atomic E-state index is 10.7. The van der Waals surface area contributed by atoms with Gasteiger partial charge in [0.1, 0.15) is 17.6 Å². The normalized spacial score (nSPS) is 18.8. The topological polar surface area (TPSA) is 70.9 Å². The summed E-state index contributed by atoms with van der Waals surface area (Å²) in [5.74, 6) is 0.499. The average molecular weight is 220 g/mol. The van der Waals surface area contributed by atoms with Crippen LogP contribution in [0.25, 0.3) is 0 Å². The van der Waals surface area contributed by atoms with Gasteiger partial charge < -0.3 is 15.2 Å². The summed E-state index contributed by atoms with van der Waals surface area (Å²) in [5.41, 5.74) is 0.865. The van der Waals surface area contributed by atoms with Crippen LogP contribution in [-0.4, -0.2) is 36.6 Å². The number of nitrogens with one attached hydrogen (secondary N) is 1. The van der Waals surface area contributed by atoms with Gasteiger partial charge in [-0.25, -0.2) is 4.79 Å². The lowest BCUT2D eigenvalue weighted by atomic mass is 10.2. The third kappa shape index (κ3) is 1.98. The van der Waals surface area contributed by atoms with Crippen LogP contribution >= 0.6 is 0 Å². The summed E-state index contributed by atoms with van der Waals surface area (Å²) in [6.45, 7) is 0.274. The highest BCUT2D eigenvalue weighted by Gasteiger charge is 2.24. The highest BCUT2D eigenvalue weighted by molar-refractivity contribution is 6.02. The van der Waals surface area contributed by atoms with Crippen LogP contribution in [0.2, 0.25) is 0 Å². The fraction of sp³-hybridized carbons (Fsp3) is 0.273. The molecule has 0 saturated carbocycles. The number of ether oxygens (including phenoxy) is 1. The molecule has 84 valence electrons. The zero-order valence-corrected chi connectivity index (χ0v) is 8.80. The molecule has 1 aliphatic rings. The van der Waals surface area contributed by atoms with Gasteiger partial charge >= 0.3 is 5.97 Å². The molecule has 1 aromatic carbocycles. The van der Waals surface area contributed by atoms with Gasteiger partial charge in [-0.1, -0.05) is 0 Å². The SMILES string of the molecule is COc1ccc(C2=NCC(C(=O)O)N2)cc1. The number of aliphatic imine (C=N–C) groups is 1. The highest BCUT2D eigenvalue weighted by atomic mass is 16.5. The van der Waals surface area contributed by atoms with Crippen molar-refractivity contribution in [2.24, 2.45) is 4.99 Å². The van der Waals surface area contributed by atoms with Crippen molar-refractivity contribution < 1.29 is 14.6 Å². The van der Waals surface area contributed by atoms with Gasteiger partial charge in [0, 0.05) is 5.56 Å². The number of carboxylic acid groups (broad SMARTS) is 1. The van der Waals surface area contributed by atoms with Crippen LogP contribution in [0.4, 0.5) is 0 Å². The first-order valence-electron chi connectivity index (χ1n) is 4.89. The lowest BCUT2D eigenvalue weighted by molar-refractivity contribution is -0.138. The van der Waals surface area contributed by atoms with E-state index in [0.29, 0.717) is 5.84 Å². The van der Waals surface area contributed by atoms with Crippen molar-refractivity contribution in [1.29, 1.82) is 0 Å². The lowest BCUT2D eigenvalue weighted by Crippen LogP contribution is -2.37. The van der Waals surface area contributed by atoms with Crippen molar-refractivity contribution >= 4 is 11.8 Å². The number of methoxy groups -OCH3 is 1. The van der Waals surface area contributed by atoms with Crippen LogP contribution in [-0.2, 0) is 4.79 Å². The molecule has 5 nitrogen and oxygen atoms in total. The summed E-state index contributed by atoms with van der Waals surface area (Å²) in [6, 6.07) is 6.70. The first-order chi connectivity index (χ1) is 7.70. The molecular formula is C11H12N2O3. The van der Waals surface area contributed by atoms with E-state index in [4.69, 9.17) is 9.84 Å². The summed E-state index contributed by atoms with van der Waals surface area (Å²) < 4.78 is 5.04. The molecular weight excluding hydrogens is 208 g/mol. The summed E-state index contributed by atoms with van der Waals surface area (Å²) in [4.78, 5) is 14.9. The van der Waals surface area contributed by atoms with Crippen molar-refractivity contribution in [3.8, 4) is 5.75 Å². The summed E-state index contributed by atoms with van der Waals surface area (Å²) in [5, 5.41) is 11.7. The van der Waals surface area contributed by atoms with Crippen molar-refractivity contribution in [3.63, 3.8) is 0 Å². The molecule has 2 N–H and O–H groups in total.